The van der Waals surface area contributed by atoms with E-state index in [0.717, 1.165) is 16.9 Å². The largest absolute Gasteiger partial charge is 0.310 e. The molecule has 0 spiro atoms. The maximum atomic E-state index is 12.1. The van der Waals surface area contributed by atoms with E-state index < -0.39 is 0 Å². The average Bonchev–Trinajstić information content (AvgIpc) is 3.13. The van der Waals surface area contributed by atoms with Crippen LogP contribution in [0.3, 0.4) is 0 Å². The van der Waals surface area contributed by atoms with E-state index in [-0.39, 0.29) is 11.7 Å². The van der Waals surface area contributed by atoms with Crippen LogP contribution in [0.4, 0.5) is 5.82 Å². The van der Waals surface area contributed by atoms with Gasteiger partial charge in [0.2, 0.25) is 11.1 Å². The molecule has 1 amide bonds. The summed E-state index contributed by atoms with van der Waals surface area (Å²) < 4.78 is 3.25. The van der Waals surface area contributed by atoms with Crippen LogP contribution >= 0.6 is 11.8 Å². The summed E-state index contributed by atoms with van der Waals surface area (Å²) in [6, 6.07) is 9.67. The monoisotopic (exact) mass is 343 g/mol. The Balaban J connectivity index is 1.65. The first-order valence-electron chi connectivity index (χ1n) is 7.31. The molecule has 0 saturated heterocycles. The molecule has 3 rings (SSSR count). The van der Waals surface area contributed by atoms with Gasteiger partial charge >= 0.3 is 0 Å². The number of rotatable bonds is 5. The zero-order valence-electron chi connectivity index (χ0n) is 13.6. The van der Waals surface area contributed by atoms with E-state index in [9.17, 15) is 4.79 Å². The molecule has 3 aromatic rings. The van der Waals surface area contributed by atoms with Gasteiger partial charge in [0.25, 0.3) is 0 Å². The van der Waals surface area contributed by atoms with Crippen molar-refractivity contribution >= 4 is 23.5 Å². The van der Waals surface area contributed by atoms with Gasteiger partial charge < -0.3 is 5.32 Å². The van der Waals surface area contributed by atoms with Crippen LogP contribution in [0.5, 0.6) is 0 Å². The molecular formula is C15H17N7OS. The minimum atomic E-state index is -0.138. The standard InChI is InChI=1S/C15H17N7OS/c1-10-4-6-12(7-5-10)22-15(17-19-20-22)24-9-14(23)16-13-8-11(2)18-21(13)3/h4-8H,9H2,1-3H3,(H,16,23). The number of benzene rings is 1. The van der Waals surface area contributed by atoms with E-state index >= 15 is 0 Å². The SMILES string of the molecule is Cc1ccc(-n2nnnc2SCC(=O)Nc2cc(C)nn2C)cc1. The van der Waals surface area contributed by atoms with Crippen molar-refractivity contribution in [1.82, 2.24) is 30.0 Å². The molecule has 0 bridgehead atoms. The number of carbonyl (C=O) groups is 1. The lowest BCUT2D eigenvalue weighted by atomic mass is 10.2. The molecule has 124 valence electrons. The number of nitrogens with zero attached hydrogens (tertiary/aromatic N) is 6. The number of hydrogen-bond acceptors (Lipinski definition) is 6. The van der Waals surface area contributed by atoms with E-state index in [2.05, 4.69) is 25.9 Å². The molecule has 0 unspecified atom stereocenters. The second-order valence-corrected chi connectivity index (χ2v) is 6.28. The van der Waals surface area contributed by atoms with Gasteiger partial charge in [-0.2, -0.15) is 9.78 Å². The smallest absolute Gasteiger partial charge is 0.235 e. The van der Waals surface area contributed by atoms with Crippen LogP contribution in [-0.2, 0) is 11.8 Å². The minimum absolute atomic E-state index is 0.138. The first-order valence-corrected chi connectivity index (χ1v) is 8.30. The van der Waals surface area contributed by atoms with Crippen molar-refractivity contribution in [2.45, 2.75) is 19.0 Å². The van der Waals surface area contributed by atoms with Crippen molar-refractivity contribution in [3.8, 4) is 5.69 Å². The van der Waals surface area contributed by atoms with Gasteiger partial charge in [-0.15, -0.1) is 5.10 Å². The molecule has 8 nitrogen and oxygen atoms in total. The lowest BCUT2D eigenvalue weighted by Crippen LogP contribution is -2.16. The van der Waals surface area contributed by atoms with Crippen molar-refractivity contribution in [3.63, 3.8) is 0 Å². The van der Waals surface area contributed by atoms with Gasteiger partial charge in [-0.05, 0) is 36.4 Å². The number of thioether (sulfide) groups is 1. The van der Waals surface area contributed by atoms with Gasteiger partial charge in [-0.3, -0.25) is 9.48 Å². The highest BCUT2D eigenvalue weighted by Crippen LogP contribution is 2.19. The summed E-state index contributed by atoms with van der Waals surface area (Å²) >= 11 is 1.28. The first-order chi connectivity index (χ1) is 11.5. The number of carbonyl (C=O) groups excluding carboxylic acids is 1. The van der Waals surface area contributed by atoms with Gasteiger partial charge in [-0.25, -0.2) is 0 Å². The number of tetrazole rings is 1. The third kappa shape index (κ3) is 3.62. The molecule has 24 heavy (non-hydrogen) atoms. The minimum Gasteiger partial charge on any atom is -0.310 e. The predicted octanol–water partition coefficient (Wildman–Crippen LogP) is 1.74. The molecular weight excluding hydrogens is 326 g/mol. The number of nitrogens with one attached hydrogen (secondary N) is 1. The number of hydrogen-bond donors (Lipinski definition) is 1. The third-order valence-electron chi connectivity index (χ3n) is 3.32. The summed E-state index contributed by atoms with van der Waals surface area (Å²) in [6.07, 6.45) is 0. The molecule has 2 aromatic heterocycles. The Bertz CT molecular complexity index is 853. The zero-order chi connectivity index (χ0) is 17.1. The quantitative estimate of drug-likeness (QED) is 0.710. The van der Waals surface area contributed by atoms with Crippen molar-refractivity contribution in [1.29, 1.82) is 0 Å². The maximum Gasteiger partial charge on any atom is 0.235 e. The van der Waals surface area contributed by atoms with Gasteiger partial charge in [0.15, 0.2) is 0 Å². The fourth-order valence-electron chi connectivity index (χ4n) is 2.15. The molecule has 2 heterocycles. The normalized spacial score (nSPS) is 10.8. The van der Waals surface area contributed by atoms with Gasteiger partial charge in [0.05, 0.1) is 17.1 Å². The van der Waals surface area contributed by atoms with E-state index in [4.69, 9.17) is 0 Å². The highest BCUT2D eigenvalue weighted by molar-refractivity contribution is 7.99. The molecule has 0 atom stereocenters. The number of amides is 1. The molecule has 0 radical (unpaired) electrons. The Hall–Kier alpha value is -2.68. The zero-order valence-corrected chi connectivity index (χ0v) is 14.4. The van der Waals surface area contributed by atoms with Crippen molar-refractivity contribution < 1.29 is 4.79 Å². The lowest BCUT2D eigenvalue weighted by molar-refractivity contribution is -0.113. The van der Waals surface area contributed by atoms with E-state index in [1.807, 2.05) is 44.2 Å². The summed E-state index contributed by atoms with van der Waals surface area (Å²) in [7, 11) is 1.79. The second kappa shape index (κ2) is 6.83. The summed E-state index contributed by atoms with van der Waals surface area (Å²) in [5, 5.41) is 19.2. The van der Waals surface area contributed by atoms with Crippen molar-refractivity contribution in [3.05, 3.63) is 41.6 Å². The van der Waals surface area contributed by atoms with E-state index in [0.29, 0.717) is 11.0 Å². The molecule has 0 fully saturated rings. The number of anilines is 1. The van der Waals surface area contributed by atoms with Crippen LogP contribution in [0.15, 0.2) is 35.5 Å². The van der Waals surface area contributed by atoms with Crippen LogP contribution in [-0.4, -0.2) is 41.6 Å². The molecule has 0 aliphatic carbocycles. The summed E-state index contributed by atoms with van der Waals surface area (Å²) in [5.41, 5.74) is 2.87. The van der Waals surface area contributed by atoms with Crippen LogP contribution in [0, 0.1) is 13.8 Å². The first kappa shape index (κ1) is 16.2. The van der Waals surface area contributed by atoms with Crippen LogP contribution < -0.4 is 5.32 Å². The molecule has 1 N–H and O–H groups in total. The van der Waals surface area contributed by atoms with Gasteiger partial charge in [-0.1, -0.05) is 29.5 Å². The molecule has 0 aliphatic rings. The Labute approximate surface area is 143 Å². The Kier molecular flexibility index (Phi) is 4.61. The number of aromatic nitrogens is 6. The summed E-state index contributed by atoms with van der Waals surface area (Å²) in [5.74, 6) is 0.730. The summed E-state index contributed by atoms with van der Waals surface area (Å²) in [4.78, 5) is 12.1. The van der Waals surface area contributed by atoms with Crippen LogP contribution in [0.2, 0.25) is 0 Å². The van der Waals surface area contributed by atoms with E-state index in [1.165, 1.54) is 11.8 Å². The molecule has 1 aromatic carbocycles. The predicted molar refractivity (Wildman–Crippen MR) is 91.2 cm³/mol. The van der Waals surface area contributed by atoms with Gasteiger partial charge in [0, 0.05) is 13.1 Å². The number of aryl methyl sites for hydroxylation is 3. The van der Waals surface area contributed by atoms with Gasteiger partial charge in [0.1, 0.15) is 5.82 Å². The third-order valence-corrected chi connectivity index (χ3v) is 4.24. The Morgan fingerprint density at radius 1 is 1.25 bits per heavy atom. The van der Waals surface area contributed by atoms with Crippen LogP contribution in [0.25, 0.3) is 5.69 Å². The van der Waals surface area contributed by atoms with E-state index in [1.54, 1.807) is 16.4 Å². The second-order valence-electron chi connectivity index (χ2n) is 5.34. The highest BCUT2D eigenvalue weighted by Gasteiger charge is 2.13. The Morgan fingerprint density at radius 2 is 2.00 bits per heavy atom. The fourth-order valence-corrected chi connectivity index (χ4v) is 2.84. The molecule has 9 heteroatoms. The summed E-state index contributed by atoms with van der Waals surface area (Å²) in [6.45, 7) is 3.89. The van der Waals surface area contributed by atoms with Crippen molar-refractivity contribution in [2.24, 2.45) is 7.05 Å². The maximum absolute atomic E-state index is 12.1. The molecule has 0 saturated carbocycles. The molecule has 0 aliphatic heterocycles. The average molecular weight is 343 g/mol. The van der Waals surface area contributed by atoms with Crippen LogP contribution in [0.1, 0.15) is 11.3 Å². The fraction of sp³-hybridized carbons (Fsp3) is 0.267. The van der Waals surface area contributed by atoms with Crippen molar-refractivity contribution in [2.75, 3.05) is 11.1 Å². The highest BCUT2D eigenvalue weighted by atomic mass is 32.2. The Morgan fingerprint density at radius 3 is 2.67 bits per heavy atom. The topological polar surface area (TPSA) is 90.5 Å². The lowest BCUT2D eigenvalue weighted by Gasteiger charge is -2.06.